The van der Waals surface area contributed by atoms with E-state index in [9.17, 15) is 0 Å². The Labute approximate surface area is 125 Å². The van der Waals surface area contributed by atoms with Gasteiger partial charge in [0, 0.05) is 6.61 Å². The molecule has 1 aliphatic rings. The first-order valence-corrected chi connectivity index (χ1v) is 8.79. The van der Waals surface area contributed by atoms with E-state index in [0.717, 1.165) is 12.8 Å². The average molecular weight is 282 g/mol. The number of unbranched alkanes of at least 4 members (excludes halogenated alkanes) is 8. The summed E-state index contributed by atoms with van der Waals surface area (Å²) >= 11 is 0. The molecule has 1 heterocycles. The number of hydrogen-bond donors (Lipinski definition) is 1. The molecule has 2 unspecified atom stereocenters. The zero-order valence-corrected chi connectivity index (χ0v) is 13.4. The van der Waals surface area contributed by atoms with Crippen molar-refractivity contribution in [2.24, 2.45) is 0 Å². The fourth-order valence-electron chi connectivity index (χ4n) is 2.67. The molecule has 20 heavy (non-hydrogen) atoms. The third-order valence-electron chi connectivity index (χ3n) is 4.09. The maximum atomic E-state index is 8.68. The second-order valence-corrected chi connectivity index (χ2v) is 6.05. The van der Waals surface area contributed by atoms with E-state index in [1.165, 1.54) is 64.2 Å². The highest BCUT2D eigenvalue weighted by molar-refractivity contribution is 4.93. The lowest BCUT2D eigenvalue weighted by molar-refractivity contribution is 0.282. The maximum Gasteiger partial charge on any atom is 0.0876 e. The standard InChI is InChI=1S/C18H34O2/c1-2-3-11-14-17-18(20-17)15-12-9-7-5-4-6-8-10-13-16-19/h9,12,17-19H,2-8,10-11,13-16H2,1H3/b12-9-. The van der Waals surface area contributed by atoms with Crippen molar-refractivity contribution >= 4 is 0 Å². The molecule has 118 valence electrons. The quantitative estimate of drug-likeness (QED) is 0.276. The van der Waals surface area contributed by atoms with Crippen LogP contribution < -0.4 is 0 Å². The number of rotatable bonds is 14. The van der Waals surface area contributed by atoms with E-state index < -0.39 is 0 Å². The molecule has 0 bridgehead atoms. The molecule has 1 saturated heterocycles. The molecule has 0 aromatic heterocycles. The van der Waals surface area contributed by atoms with Crippen molar-refractivity contribution in [2.45, 2.75) is 96.2 Å². The fourth-order valence-corrected chi connectivity index (χ4v) is 2.67. The Bertz CT molecular complexity index is 238. The van der Waals surface area contributed by atoms with Crippen LogP contribution in [0, 0.1) is 0 Å². The minimum atomic E-state index is 0.353. The number of aliphatic hydroxyl groups excluding tert-OH is 1. The number of ether oxygens (including phenoxy) is 1. The van der Waals surface area contributed by atoms with Crippen LogP contribution in [0.15, 0.2) is 12.2 Å². The van der Waals surface area contributed by atoms with Crippen molar-refractivity contribution in [2.75, 3.05) is 6.61 Å². The predicted molar refractivity (Wildman–Crippen MR) is 86.0 cm³/mol. The molecule has 1 fully saturated rings. The molecule has 0 aromatic rings. The molecular weight excluding hydrogens is 248 g/mol. The molecule has 2 heteroatoms. The Morgan fingerprint density at radius 1 is 0.850 bits per heavy atom. The molecule has 1 N–H and O–H groups in total. The van der Waals surface area contributed by atoms with Gasteiger partial charge in [0.05, 0.1) is 12.2 Å². The normalized spacial score (nSPS) is 21.7. The van der Waals surface area contributed by atoms with E-state index in [2.05, 4.69) is 19.1 Å². The number of allylic oxidation sites excluding steroid dienone is 1. The highest BCUT2D eigenvalue weighted by Gasteiger charge is 2.36. The van der Waals surface area contributed by atoms with Gasteiger partial charge in [-0.3, -0.25) is 0 Å². The second-order valence-electron chi connectivity index (χ2n) is 6.05. The molecule has 0 amide bonds. The summed E-state index contributed by atoms with van der Waals surface area (Å²) in [4.78, 5) is 0. The van der Waals surface area contributed by atoms with E-state index in [4.69, 9.17) is 9.84 Å². The van der Waals surface area contributed by atoms with Crippen molar-refractivity contribution in [3.05, 3.63) is 12.2 Å². The molecule has 0 spiro atoms. The van der Waals surface area contributed by atoms with Crippen LogP contribution in [-0.2, 0) is 4.74 Å². The summed E-state index contributed by atoms with van der Waals surface area (Å²) in [6, 6.07) is 0. The van der Waals surface area contributed by atoms with Gasteiger partial charge in [0.25, 0.3) is 0 Å². The number of aliphatic hydroxyl groups is 1. The van der Waals surface area contributed by atoms with Crippen molar-refractivity contribution < 1.29 is 9.84 Å². The lowest BCUT2D eigenvalue weighted by atomic mass is 10.1. The van der Waals surface area contributed by atoms with Gasteiger partial charge < -0.3 is 9.84 Å². The molecule has 0 saturated carbocycles. The van der Waals surface area contributed by atoms with Crippen LogP contribution in [-0.4, -0.2) is 23.9 Å². The Kier molecular flexibility index (Phi) is 11.0. The van der Waals surface area contributed by atoms with Gasteiger partial charge in [-0.15, -0.1) is 0 Å². The van der Waals surface area contributed by atoms with Crippen molar-refractivity contribution in [3.63, 3.8) is 0 Å². The summed E-state index contributed by atoms with van der Waals surface area (Å²) < 4.78 is 5.67. The highest BCUT2D eigenvalue weighted by Crippen LogP contribution is 2.30. The van der Waals surface area contributed by atoms with Gasteiger partial charge in [-0.05, 0) is 32.1 Å². The van der Waals surface area contributed by atoms with Gasteiger partial charge in [-0.1, -0.05) is 64.0 Å². The Balaban J connectivity index is 1.79. The molecular formula is C18H34O2. The van der Waals surface area contributed by atoms with E-state index in [0.29, 0.717) is 18.8 Å². The molecule has 1 rings (SSSR count). The highest BCUT2D eigenvalue weighted by atomic mass is 16.6. The molecule has 2 atom stereocenters. The smallest absolute Gasteiger partial charge is 0.0876 e. The predicted octanol–water partition coefficient (Wildman–Crippen LogP) is 5.00. The van der Waals surface area contributed by atoms with Crippen LogP contribution in [0.25, 0.3) is 0 Å². The molecule has 0 aromatic carbocycles. The van der Waals surface area contributed by atoms with Gasteiger partial charge >= 0.3 is 0 Å². The van der Waals surface area contributed by atoms with E-state index in [-0.39, 0.29) is 0 Å². The van der Waals surface area contributed by atoms with Gasteiger partial charge in [-0.2, -0.15) is 0 Å². The van der Waals surface area contributed by atoms with E-state index >= 15 is 0 Å². The first kappa shape index (κ1) is 17.7. The number of epoxide rings is 1. The van der Waals surface area contributed by atoms with Gasteiger partial charge in [0.2, 0.25) is 0 Å². The van der Waals surface area contributed by atoms with Gasteiger partial charge in [0.15, 0.2) is 0 Å². The third-order valence-corrected chi connectivity index (χ3v) is 4.09. The first-order valence-electron chi connectivity index (χ1n) is 8.79. The monoisotopic (exact) mass is 282 g/mol. The van der Waals surface area contributed by atoms with Crippen LogP contribution in [0.2, 0.25) is 0 Å². The summed E-state index contributed by atoms with van der Waals surface area (Å²) in [6.07, 6.45) is 20.7. The van der Waals surface area contributed by atoms with Crippen LogP contribution in [0.1, 0.15) is 84.0 Å². The van der Waals surface area contributed by atoms with Gasteiger partial charge in [0.1, 0.15) is 0 Å². The average Bonchev–Trinajstić information content (AvgIpc) is 3.20. The van der Waals surface area contributed by atoms with Gasteiger partial charge in [-0.25, -0.2) is 0 Å². The van der Waals surface area contributed by atoms with E-state index in [1.54, 1.807) is 0 Å². The lowest BCUT2D eigenvalue weighted by Gasteiger charge is -1.98. The lowest BCUT2D eigenvalue weighted by Crippen LogP contribution is -1.92. The molecule has 0 aliphatic carbocycles. The van der Waals surface area contributed by atoms with E-state index in [1.807, 2.05) is 0 Å². The summed E-state index contributed by atoms with van der Waals surface area (Å²) in [5.41, 5.74) is 0. The summed E-state index contributed by atoms with van der Waals surface area (Å²) in [5, 5.41) is 8.68. The topological polar surface area (TPSA) is 32.8 Å². The zero-order chi connectivity index (χ0) is 14.5. The fraction of sp³-hybridized carbons (Fsp3) is 0.889. The summed E-state index contributed by atoms with van der Waals surface area (Å²) in [5.74, 6) is 0. The summed E-state index contributed by atoms with van der Waals surface area (Å²) in [7, 11) is 0. The van der Waals surface area contributed by atoms with Crippen molar-refractivity contribution in [1.82, 2.24) is 0 Å². The van der Waals surface area contributed by atoms with Crippen molar-refractivity contribution in [3.8, 4) is 0 Å². The zero-order valence-electron chi connectivity index (χ0n) is 13.4. The third kappa shape index (κ3) is 9.55. The second kappa shape index (κ2) is 12.4. The first-order chi connectivity index (χ1) is 9.88. The summed E-state index contributed by atoms with van der Waals surface area (Å²) in [6.45, 7) is 2.60. The SMILES string of the molecule is CCCCCC1OC1C/C=C\CCCCCCCCO. The molecule has 2 nitrogen and oxygen atoms in total. The maximum absolute atomic E-state index is 8.68. The number of hydrogen-bond acceptors (Lipinski definition) is 2. The van der Waals surface area contributed by atoms with Crippen molar-refractivity contribution in [1.29, 1.82) is 0 Å². The molecule has 0 radical (unpaired) electrons. The van der Waals surface area contributed by atoms with Crippen LogP contribution in [0.5, 0.6) is 0 Å². The van der Waals surface area contributed by atoms with Crippen LogP contribution in [0.3, 0.4) is 0 Å². The minimum absolute atomic E-state index is 0.353. The minimum Gasteiger partial charge on any atom is -0.396 e. The Hall–Kier alpha value is -0.340. The van der Waals surface area contributed by atoms with Crippen LogP contribution >= 0.6 is 0 Å². The largest absolute Gasteiger partial charge is 0.396 e. The Morgan fingerprint density at radius 2 is 1.60 bits per heavy atom. The molecule has 1 aliphatic heterocycles. The van der Waals surface area contributed by atoms with Crippen LogP contribution in [0.4, 0.5) is 0 Å². The Morgan fingerprint density at radius 3 is 2.35 bits per heavy atom.